The molecule has 4 heteroatoms. The van der Waals surface area contributed by atoms with Crippen LogP contribution in [0.2, 0.25) is 0 Å². The average Bonchev–Trinajstić information content (AvgIpc) is 2.76. The van der Waals surface area contributed by atoms with Crippen LogP contribution in [0.15, 0.2) is 24.3 Å². The number of fused-ring (bicyclic) bond motifs is 1. The first-order valence-electron chi connectivity index (χ1n) is 6.86. The summed E-state index contributed by atoms with van der Waals surface area (Å²) >= 11 is 0. The molecule has 4 nitrogen and oxygen atoms in total. The lowest BCUT2D eigenvalue weighted by Crippen LogP contribution is -2.19. The second-order valence-corrected chi connectivity index (χ2v) is 5.45. The predicted octanol–water partition coefficient (Wildman–Crippen LogP) is 2.95. The van der Waals surface area contributed by atoms with Crippen LogP contribution >= 0.6 is 0 Å². The summed E-state index contributed by atoms with van der Waals surface area (Å²) in [6, 6.07) is 7.75. The monoisotopic (exact) mass is 270 g/mol. The minimum atomic E-state index is 0.219. The average molecular weight is 270 g/mol. The van der Waals surface area contributed by atoms with Crippen molar-refractivity contribution in [3.8, 4) is 11.4 Å². The molecule has 1 atom stereocenters. The number of ketones is 1. The number of methoxy groups -OCH3 is 1. The maximum absolute atomic E-state index is 12.2. The molecular formula is C16H18N2O2. The first-order valence-corrected chi connectivity index (χ1v) is 6.86. The van der Waals surface area contributed by atoms with Crippen molar-refractivity contribution in [3.05, 3.63) is 41.2 Å². The van der Waals surface area contributed by atoms with Gasteiger partial charge < -0.3 is 4.74 Å². The fourth-order valence-electron chi connectivity index (χ4n) is 2.88. The summed E-state index contributed by atoms with van der Waals surface area (Å²) in [5.74, 6) is 1.41. The van der Waals surface area contributed by atoms with Gasteiger partial charge in [0.2, 0.25) is 0 Å². The third-order valence-corrected chi connectivity index (χ3v) is 3.83. The van der Waals surface area contributed by atoms with Crippen LogP contribution in [0.25, 0.3) is 5.69 Å². The molecule has 0 aliphatic heterocycles. The van der Waals surface area contributed by atoms with Crippen molar-refractivity contribution >= 4 is 5.78 Å². The first-order chi connectivity index (χ1) is 9.60. The molecule has 1 aromatic carbocycles. The van der Waals surface area contributed by atoms with Crippen molar-refractivity contribution < 1.29 is 9.53 Å². The Hall–Kier alpha value is -2.10. The highest BCUT2D eigenvalue weighted by Gasteiger charge is 2.29. The number of rotatable bonds is 2. The van der Waals surface area contributed by atoms with E-state index >= 15 is 0 Å². The van der Waals surface area contributed by atoms with Gasteiger partial charge in [-0.15, -0.1) is 0 Å². The number of aromatic nitrogens is 2. The molecular weight excluding hydrogens is 252 g/mol. The third kappa shape index (κ3) is 2.01. The molecule has 0 amide bonds. The van der Waals surface area contributed by atoms with Gasteiger partial charge >= 0.3 is 0 Å². The summed E-state index contributed by atoms with van der Waals surface area (Å²) in [5.41, 5.74) is 3.65. The highest BCUT2D eigenvalue weighted by atomic mass is 16.5. The number of carbonyl (C=O) groups is 1. The summed E-state index contributed by atoms with van der Waals surface area (Å²) in [6.07, 6.45) is 1.52. The van der Waals surface area contributed by atoms with E-state index in [4.69, 9.17) is 4.74 Å². The van der Waals surface area contributed by atoms with Crippen LogP contribution in [0.4, 0.5) is 0 Å². The molecule has 3 rings (SSSR count). The Bertz CT molecular complexity index is 656. The van der Waals surface area contributed by atoms with Gasteiger partial charge in [0.1, 0.15) is 5.75 Å². The molecule has 1 aliphatic carbocycles. The Balaban J connectivity index is 2.10. The van der Waals surface area contributed by atoms with Gasteiger partial charge in [0.25, 0.3) is 0 Å². The number of hydrogen-bond acceptors (Lipinski definition) is 3. The molecule has 0 radical (unpaired) electrons. The van der Waals surface area contributed by atoms with Crippen molar-refractivity contribution in [2.75, 3.05) is 7.11 Å². The molecule has 0 spiro atoms. The van der Waals surface area contributed by atoms with Gasteiger partial charge in [0.05, 0.1) is 29.7 Å². The standard InChI is InChI=1S/C16H18N2O2/c1-10-8-14-16(15(19)9-10)11(2)17-18(14)12-4-6-13(20-3)7-5-12/h4-7,10H,8-9H2,1-3H3. The second kappa shape index (κ2) is 4.78. The molecule has 2 aromatic rings. The van der Waals surface area contributed by atoms with E-state index in [1.54, 1.807) is 7.11 Å². The summed E-state index contributed by atoms with van der Waals surface area (Å²) < 4.78 is 7.07. The zero-order valence-corrected chi connectivity index (χ0v) is 12.0. The number of nitrogens with zero attached hydrogens (tertiary/aromatic N) is 2. The van der Waals surface area contributed by atoms with Crippen LogP contribution in [0.3, 0.4) is 0 Å². The van der Waals surface area contributed by atoms with Gasteiger partial charge in [-0.05, 0) is 43.5 Å². The maximum Gasteiger partial charge on any atom is 0.166 e. The minimum absolute atomic E-state index is 0.219. The van der Waals surface area contributed by atoms with Crippen LogP contribution in [0.5, 0.6) is 5.75 Å². The fraction of sp³-hybridized carbons (Fsp3) is 0.375. The van der Waals surface area contributed by atoms with E-state index in [9.17, 15) is 4.79 Å². The molecule has 1 unspecified atom stereocenters. The first kappa shape index (κ1) is 12.9. The third-order valence-electron chi connectivity index (χ3n) is 3.83. The van der Waals surface area contributed by atoms with Gasteiger partial charge in [-0.2, -0.15) is 5.10 Å². The molecule has 0 saturated carbocycles. The molecule has 104 valence electrons. The van der Waals surface area contributed by atoms with Crippen LogP contribution < -0.4 is 4.74 Å². The number of Topliss-reactive ketones (excluding diaryl/α,β-unsaturated/α-hetero) is 1. The molecule has 0 saturated heterocycles. The number of hydrogen-bond donors (Lipinski definition) is 0. The van der Waals surface area contributed by atoms with E-state index in [1.807, 2.05) is 35.9 Å². The lowest BCUT2D eigenvalue weighted by molar-refractivity contribution is 0.0952. The summed E-state index contributed by atoms with van der Waals surface area (Å²) in [5, 5.41) is 4.56. The largest absolute Gasteiger partial charge is 0.497 e. The van der Waals surface area contributed by atoms with Crippen LogP contribution in [0.1, 0.15) is 35.1 Å². The van der Waals surface area contributed by atoms with Gasteiger partial charge in [0.15, 0.2) is 5.78 Å². The van der Waals surface area contributed by atoms with E-state index < -0.39 is 0 Å². The number of benzene rings is 1. The van der Waals surface area contributed by atoms with Crippen LogP contribution in [0, 0.1) is 12.8 Å². The Morgan fingerprint density at radius 3 is 2.60 bits per heavy atom. The van der Waals surface area contributed by atoms with E-state index in [0.717, 1.165) is 34.8 Å². The molecule has 0 bridgehead atoms. The summed E-state index contributed by atoms with van der Waals surface area (Å²) in [7, 11) is 1.65. The SMILES string of the molecule is COc1ccc(-n2nc(C)c3c2CC(C)CC3=O)cc1. The van der Waals surface area contributed by atoms with E-state index in [1.165, 1.54) is 0 Å². The fourth-order valence-corrected chi connectivity index (χ4v) is 2.88. The van der Waals surface area contributed by atoms with Crippen LogP contribution in [-0.4, -0.2) is 22.7 Å². The molecule has 1 aliphatic rings. The Kier molecular flexibility index (Phi) is 3.08. The zero-order valence-electron chi connectivity index (χ0n) is 12.0. The van der Waals surface area contributed by atoms with E-state index in [2.05, 4.69) is 12.0 Å². The van der Waals surface area contributed by atoms with Crippen molar-refractivity contribution in [2.45, 2.75) is 26.7 Å². The second-order valence-electron chi connectivity index (χ2n) is 5.45. The van der Waals surface area contributed by atoms with E-state index in [0.29, 0.717) is 12.3 Å². The van der Waals surface area contributed by atoms with Crippen molar-refractivity contribution in [3.63, 3.8) is 0 Å². The number of carbonyl (C=O) groups excluding carboxylic acids is 1. The Morgan fingerprint density at radius 1 is 1.25 bits per heavy atom. The van der Waals surface area contributed by atoms with Gasteiger partial charge in [-0.3, -0.25) is 4.79 Å². The number of aryl methyl sites for hydroxylation is 1. The highest BCUT2D eigenvalue weighted by Crippen LogP contribution is 2.29. The lowest BCUT2D eigenvalue weighted by Gasteiger charge is -2.19. The predicted molar refractivity (Wildman–Crippen MR) is 76.7 cm³/mol. The van der Waals surface area contributed by atoms with Crippen LogP contribution in [-0.2, 0) is 6.42 Å². The smallest absolute Gasteiger partial charge is 0.166 e. The summed E-state index contributed by atoms with van der Waals surface area (Å²) in [4.78, 5) is 12.2. The highest BCUT2D eigenvalue weighted by molar-refractivity contribution is 5.99. The quantitative estimate of drug-likeness (QED) is 0.842. The van der Waals surface area contributed by atoms with Crippen molar-refractivity contribution in [1.29, 1.82) is 0 Å². The molecule has 0 fully saturated rings. The zero-order chi connectivity index (χ0) is 14.3. The van der Waals surface area contributed by atoms with Gasteiger partial charge in [-0.25, -0.2) is 4.68 Å². The Morgan fingerprint density at radius 2 is 1.95 bits per heavy atom. The number of ether oxygens (including phenoxy) is 1. The van der Waals surface area contributed by atoms with Crippen molar-refractivity contribution in [1.82, 2.24) is 9.78 Å². The topological polar surface area (TPSA) is 44.1 Å². The Labute approximate surface area is 118 Å². The molecule has 20 heavy (non-hydrogen) atoms. The van der Waals surface area contributed by atoms with Gasteiger partial charge in [0, 0.05) is 6.42 Å². The minimum Gasteiger partial charge on any atom is -0.497 e. The molecule has 1 aromatic heterocycles. The van der Waals surface area contributed by atoms with Gasteiger partial charge in [-0.1, -0.05) is 6.92 Å². The summed E-state index contributed by atoms with van der Waals surface area (Å²) in [6.45, 7) is 4.02. The van der Waals surface area contributed by atoms with Crippen molar-refractivity contribution in [2.24, 2.45) is 5.92 Å². The molecule has 0 N–H and O–H groups in total. The molecule has 1 heterocycles. The lowest BCUT2D eigenvalue weighted by atomic mass is 9.87. The maximum atomic E-state index is 12.2. The van der Waals surface area contributed by atoms with E-state index in [-0.39, 0.29) is 5.78 Å². The normalized spacial score (nSPS) is 17.9.